The summed E-state index contributed by atoms with van der Waals surface area (Å²) >= 11 is 1.09. The van der Waals surface area contributed by atoms with Crippen LogP contribution in [0.2, 0.25) is 25.7 Å². The first kappa shape index (κ1) is 39.9. The number of amides is 2. The largest absolute Gasteiger partial charge is 0.463 e. The van der Waals surface area contributed by atoms with Crippen molar-refractivity contribution >= 4 is 48.9 Å². The van der Waals surface area contributed by atoms with Gasteiger partial charge in [-0.1, -0.05) is 43.4 Å². The average Bonchev–Trinajstić information content (AvgIpc) is 3.79. The molecule has 2 aromatic rings. The molecule has 1 saturated carbocycles. The van der Waals surface area contributed by atoms with Crippen molar-refractivity contribution in [1.82, 2.24) is 20.2 Å². The molecule has 0 spiro atoms. The molecular weight excluding hydrogens is 697 g/mol. The second-order valence-corrected chi connectivity index (χ2v) is 22.0. The SMILES string of the molecule is C#CCOc1cnc(/C(F)=C/c2ccc(F)c([C@@]3(C)N=C(N(COCC[Si](C)(C)C)C(=O)OC(C)(C)C)S[C@@]4(C(=O)NCC(C)O)C[C@H]43)c2)cn1. The molecule has 1 aliphatic carbocycles. The summed E-state index contributed by atoms with van der Waals surface area (Å²) in [7, 11) is -1.47. The van der Waals surface area contributed by atoms with E-state index in [2.05, 4.69) is 40.8 Å². The number of nitrogens with zero attached hydrogens (tertiary/aromatic N) is 4. The van der Waals surface area contributed by atoms with Crippen molar-refractivity contribution in [2.75, 3.05) is 26.5 Å². The van der Waals surface area contributed by atoms with Gasteiger partial charge in [0.1, 0.15) is 28.6 Å². The van der Waals surface area contributed by atoms with Crippen molar-refractivity contribution in [3.05, 3.63) is 53.2 Å². The van der Waals surface area contributed by atoms with Gasteiger partial charge >= 0.3 is 6.09 Å². The van der Waals surface area contributed by atoms with E-state index in [-0.39, 0.29) is 48.1 Å². The molecule has 2 amide bonds. The van der Waals surface area contributed by atoms with E-state index < -0.39 is 53.7 Å². The van der Waals surface area contributed by atoms with Gasteiger partial charge in [0.05, 0.1) is 24.0 Å². The Morgan fingerprint density at radius 1 is 1.27 bits per heavy atom. The number of hydrogen-bond acceptors (Lipinski definition) is 10. The molecule has 1 aromatic heterocycles. The zero-order valence-corrected chi connectivity index (χ0v) is 32.2. The minimum Gasteiger partial charge on any atom is -0.463 e. The molecular formula is C36H47F2N5O6SSi. The molecule has 1 aromatic carbocycles. The Balaban J connectivity index is 1.77. The summed E-state index contributed by atoms with van der Waals surface area (Å²) in [5.41, 5.74) is -1.92. The molecule has 4 rings (SSSR count). The fourth-order valence-electron chi connectivity index (χ4n) is 5.43. The number of fused-ring (bicyclic) bond motifs is 1. The van der Waals surface area contributed by atoms with Crippen LogP contribution in [0.25, 0.3) is 11.9 Å². The minimum absolute atomic E-state index is 0.000457. The molecule has 0 radical (unpaired) electrons. The fraction of sp³-hybridized carbons (Fsp3) is 0.528. The first-order valence-electron chi connectivity index (χ1n) is 16.7. The number of hydrogen-bond donors (Lipinski definition) is 2. The fourth-order valence-corrected chi connectivity index (χ4v) is 7.77. The van der Waals surface area contributed by atoms with Gasteiger partial charge in [-0.05, 0) is 70.9 Å². The predicted octanol–water partition coefficient (Wildman–Crippen LogP) is 6.22. The Hall–Kier alpha value is -3.84. The maximum atomic E-state index is 15.9. The molecule has 1 unspecified atom stereocenters. The van der Waals surface area contributed by atoms with Crippen LogP contribution in [-0.2, 0) is 19.8 Å². The molecule has 276 valence electrons. The number of rotatable bonds is 13. The standard InChI is InChI=1S/C36H47F2N5O6SSi/c1-10-13-48-30-21-39-28(20-40-30)27(38)17-24-11-12-26(37)25(16-24)35(6)29-18-36(29,31(45)41-19-23(2)44)50-32(42-35)43(33(46)49-34(3,4)5)22-47-14-15-51(7,8)9/h1,11-12,16-17,20-21,23,29,44H,13-15,18-19,22H2,2-9H3,(H,41,45)/b27-17-/t23?,29-,35+,36-/m0/s1. The Bertz CT molecular complexity index is 1710. The zero-order chi connectivity index (χ0) is 37.8. The summed E-state index contributed by atoms with van der Waals surface area (Å²) in [6.45, 7) is 15.3. The van der Waals surface area contributed by atoms with Gasteiger partial charge in [-0.15, -0.1) is 6.42 Å². The number of carbonyl (C=O) groups excluding carboxylic acids is 2. The third kappa shape index (κ3) is 10.2. The molecule has 1 fully saturated rings. The molecule has 0 saturated heterocycles. The van der Waals surface area contributed by atoms with E-state index in [9.17, 15) is 14.7 Å². The molecule has 15 heteroatoms. The van der Waals surface area contributed by atoms with Crippen molar-refractivity contribution < 1.29 is 37.7 Å². The normalized spacial score (nSPS) is 22.2. The maximum absolute atomic E-state index is 15.9. The average molecular weight is 744 g/mol. The number of amidine groups is 1. The van der Waals surface area contributed by atoms with Gasteiger partial charge < -0.3 is 24.6 Å². The van der Waals surface area contributed by atoms with Gasteiger partial charge in [0.15, 0.2) is 17.6 Å². The number of halogens is 2. The maximum Gasteiger partial charge on any atom is 0.418 e. The number of aliphatic hydroxyl groups excluding tert-OH is 1. The number of ether oxygens (including phenoxy) is 3. The van der Waals surface area contributed by atoms with E-state index in [0.29, 0.717) is 18.6 Å². The van der Waals surface area contributed by atoms with Gasteiger partial charge in [0.25, 0.3) is 0 Å². The van der Waals surface area contributed by atoms with Crippen molar-refractivity contribution in [2.24, 2.45) is 10.9 Å². The number of terminal acetylenes is 1. The minimum atomic E-state index is -1.47. The zero-order valence-electron chi connectivity index (χ0n) is 30.4. The van der Waals surface area contributed by atoms with Crippen molar-refractivity contribution in [1.29, 1.82) is 0 Å². The summed E-state index contributed by atoms with van der Waals surface area (Å²) < 4.78 is 47.1. The van der Waals surface area contributed by atoms with E-state index in [1.54, 1.807) is 34.6 Å². The molecule has 51 heavy (non-hydrogen) atoms. The first-order valence-corrected chi connectivity index (χ1v) is 21.2. The number of nitrogens with one attached hydrogen (secondary N) is 1. The number of carbonyl (C=O) groups is 2. The van der Waals surface area contributed by atoms with Gasteiger partial charge in [-0.3, -0.25) is 9.79 Å². The quantitative estimate of drug-likeness (QED) is 0.106. The third-order valence-electron chi connectivity index (χ3n) is 8.20. The number of aliphatic imine (C=N–C) groups is 1. The highest BCUT2D eigenvalue weighted by Gasteiger charge is 2.71. The smallest absolute Gasteiger partial charge is 0.418 e. The molecule has 2 aliphatic rings. The highest BCUT2D eigenvalue weighted by atomic mass is 32.2. The summed E-state index contributed by atoms with van der Waals surface area (Å²) in [6.07, 6.45) is 7.57. The second-order valence-electron chi connectivity index (χ2n) is 15.1. The van der Waals surface area contributed by atoms with Crippen LogP contribution >= 0.6 is 11.8 Å². The summed E-state index contributed by atoms with van der Waals surface area (Å²) in [5, 5.41) is 12.8. The van der Waals surface area contributed by atoms with Crippen LogP contribution in [-0.4, -0.2) is 88.2 Å². The molecule has 2 N–H and O–H groups in total. The van der Waals surface area contributed by atoms with Crippen molar-refractivity contribution in [2.45, 2.75) is 88.7 Å². The van der Waals surface area contributed by atoms with E-state index in [4.69, 9.17) is 25.6 Å². The van der Waals surface area contributed by atoms with E-state index in [0.717, 1.165) is 17.8 Å². The summed E-state index contributed by atoms with van der Waals surface area (Å²) in [5.74, 6) is 0.198. The lowest BCUT2D eigenvalue weighted by atomic mass is 9.84. The van der Waals surface area contributed by atoms with Crippen LogP contribution in [0.15, 0.2) is 35.6 Å². The summed E-state index contributed by atoms with van der Waals surface area (Å²) in [6, 6.07) is 4.94. The monoisotopic (exact) mass is 743 g/mol. The lowest BCUT2D eigenvalue weighted by Crippen LogP contribution is -2.49. The number of benzene rings is 1. The second kappa shape index (κ2) is 15.8. The Morgan fingerprint density at radius 3 is 2.61 bits per heavy atom. The van der Waals surface area contributed by atoms with Crippen LogP contribution in [0, 0.1) is 24.1 Å². The Kier molecular flexibility index (Phi) is 12.4. The van der Waals surface area contributed by atoms with Crippen LogP contribution < -0.4 is 10.1 Å². The van der Waals surface area contributed by atoms with Crippen LogP contribution in [0.3, 0.4) is 0 Å². The third-order valence-corrected chi connectivity index (χ3v) is 11.4. The highest BCUT2D eigenvalue weighted by molar-refractivity contribution is 8.16. The van der Waals surface area contributed by atoms with Crippen molar-refractivity contribution in [3.63, 3.8) is 0 Å². The van der Waals surface area contributed by atoms with E-state index >= 15 is 8.78 Å². The summed E-state index contributed by atoms with van der Waals surface area (Å²) in [4.78, 5) is 41.8. The Labute approximate surface area is 303 Å². The lowest BCUT2D eigenvalue weighted by molar-refractivity contribution is -0.122. The highest BCUT2D eigenvalue weighted by Crippen LogP contribution is 2.66. The van der Waals surface area contributed by atoms with E-state index in [1.165, 1.54) is 41.6 Å². The molecule has 0 bridgehead atoms. The predicted molar refractivity (Wildman–Crippen MR) is 197 cm³/mol. The number of aliphatic hydroxyl groups is 1. The number of aromatic nitrogens is 2. The topological polar surface area (TPSA) is 135 Å². The molecule has 2 heterocycles. The molecule has 4 atom stereocenters. The lowest BCUT2D eigenvalue weighted by Gasteiger charge is -2.38. The molecule has 11 nitrogen and oxygen atoms in total. The molecule has 1 aliphatic heterocycles. The van der Waals surface area contributed by atoms with Crippen LogP contribution in [0.5, 0.6) is 5.88 Å². The first-order chi connectivity index (χ1) is 23.8. The Morgan fingerprint density at radius 2 is 2.00 bits per heavy atom. The van der Waals surface area contributed by atoms with Gasteiger partial charge in [-0.25, -0.2) is 28.4 Å². The number of thioether (sulfide) groups is 1. The van der Waals surface area contributed by atoms with Gasteiger partial charge in [0, 0.05) is 32.7 Å². The van der Waals surface area contributed by atoms with Crippen molar-refractivity contribution in [3.8, 4) is 18.2 Å². The van der Waals surface area contributed by atoms with E-state index in [1.807, 2.05) is 0 Å². The van der Waals surface area contributed by atoms with Crippen LogP contribution in [0.4, 0.5) is 13.6 Å². The van der Waals surface area contributed by atoms with Gasteiger partial charge in [0.2, 0.25) is 11.8 Å². The van der Waals surface area contributed by atoms with Gasteiger partial charge in [-0.2, -0.15) is 0 Å². The van der Waals surface area contributed by atoms with Crippen LogP contribution in [0.1, 0.15) is 57.9 Å².